The van der Waals surface area contributed by atoms with E-state index in [2.05, 4.69) is 79.1 Å². The van der Waals surface area contributed by atoms with Crippen molar-refractivity contribution in [2.24, 2.45) is 5.92 Å². The Hall–Kier alpha value is -2.54. The average Bonchev–Trinajstić information content (AvgIpc) is 2.67. The molecule has 1 atom stereocenters. The predicted molar refractivity (Wildman–Crippen MR) is 114 cm³/mol. The van der Waals surface area contributed by atoms with E-state index in [4.69, 9.17) is 0 Å². The molecule has 0 heterocycles. The smallest absolute Gasteiger partial charge is 0.0369 e. The molecule has 3 rings (SSSR count). The second-order valence-corrected chi connectivity index (χ2v) is 7.17. The van der Waals surface area contributed by atoms with Crippen LogP contribution in [0.1, 0.15) is 23.1 Å². The van der Waals surface area contributed by atoms with E-state index in [-0.39, 0.29) is 0 Å². The van der Waals surface area contributed by atoms with E-state index in [9.17, 15) is 0 Å². The maximum Gasteiger partial charge on any atom is 0.0369 e. The zero-order valence-corrected chi connectivity index (χ0v) is 15.8. The fourth-order valence-corrected chi connectivity index (χ4v) is 3.69. The van der Waals surface area contributed by atoms with E-state index < -0.39 is 0 Å². The molecule has 1 aliphatic carbocycles. The summed E-state index contributed by atoms with van der Waals surface area (Å²) in [6.45, 7) is 7.90. The maximum atomic E-state index is 3.71. The Labute approximate surface area is 158 Å². The summed E-state index contributed by atoms with van der Waals surface area (Å²) in [6.07, 6.45) is 13.8. The molecule has 26 heavy (non-hydrogen) atoms. The molecular weight excluding hydrogens is 314 g/mol. The topological polar surface area (TPSA) is 3.24 Å². The molecule has 0 fully saturated rings. The van der Waals surface area contributed by atoms with Gasteiger partial charge >= 0.3 is 0 Å². The summed E-state index contributed by atoms with van der Waals surface area (Å²) in [7, 11) is 0. The molecular formula is C25H29N. The van der Waals surface area contributed by atoms with Gasteiger partial charge in [0.05, 0.1) is 0 Å². The SMILES string of the molecule is C=C/C=C\C=C/CN(CC1CCc2ccccc2C1)c1ccc(C)cc1. The standard InChI is InChI=1S/C25H29N/c1-3-4-5-6-9-18-26(25-16-12-21(2)13-17-25)20-22-14-15-23-10-7-8-11-24(23)19-22/h3-13,16-17,22H,1,14-15,18-20H2,2H3/b5-4-,9-6-. The zero-order chi connectivity index (χ0) is 18.2. The van der Waals surface area contributed by atoms with Crippen molar-refractivity contribution < 1.29 is 0 Å². The molecule has 0 amide bonds. The second kappa shape index (κ2) is 9.24. The highest BCUT2D eigenvalue weighted by Crippen LogP contribution is 2.27. The lowest BCUT2D eigenvalue weighted by Gasteiger charge is -2.31. The van der Waals surface area contributed by atoms with Crippen LogP contribution < -0.4 is 4.90 Å². The van der Waals surface area contributed by atoms with Crippen molar-refractivity contribution in [3.8, 4) is 0 Å². The van der Waals surface area contributed by atoms with Crippen LogP contribution in [0, 0.1) is 12.8 Å². The van der Waals surface area contributed by atoms with Gasteiger partial charge in [0.1, 0.15) is 0 Å². The molecule has 134 valence electrons. The largest absolute Gasteiger partial charge is 0.368 e. The van der Waals surface area contributed by atoms with Gasteiger partial charge in [-0.25, -0.2) is 0 Å². The van der Waals surface area contributed by atoms with Gasteiger partial charge in [-0.15, -0.1) is 0 Å². The first-order valence-electron chi connectivity index (χ1n) is 9.59. The Bertz CT molecular complexity index is 767. The number of aryl methyl sites for hydroxylation is 2. The van der Waals surface area contributed by atoms with E-state index in [1.165, 1.54) is 36.1 Å². The number of allylic oxidation sites excluding steroid dienone is 4. The highest BCUT2D eigenvalue weighted by atomic mass is 15.1. The fraction of sp³-hybridized carbons (Fsp3) is 0.280. The maximum absolute atomic E-state index is 3.71. The van der Waals surface area contributed by atoms with E-state index in [0.717, 1.165) is 13.1 Å². The molecule has 0 aliphatic heterocycles. The third-order valence-corrected chi connectivity index (χ3v) is 5.15. The normalized spacial score (nSPS) is 16.7. The second-order valence-electron chi connectivity index (χ2n) is 7.17. The van der Waals surface area contributed by atoms with Gasteiger partial charge in [0, 0.05) is 18.8 Å². The number of rotatable bonds is 7. The monoisotopic (exact) mass is 343 g/mol. The molecule has 1 nitrogen and oxygen atoms in total. The van der Waals surface area contributed by atoms with Gasteiger partial charge in [0.15, 0.2) is 0 Å². The molecule has 1 aliphatic rings. The Kier molecular flexibility index (Phi) is 6.49. The summed E-state index contributed by atoms with van der Waals surface area (Å²) in [5.74, 6) is 0.711. The van der Waals surface area contributed by atoms with Crippen LogP contribution >= 0.6 is 0 Å². The van der Waals surface area contributed by atoms with Crippen LogP contribution in [0.15, 0.2) is 85.5 Å². The number of hydrogen-bond acceptors (Lipinski definition) is 1. The van der Waals surface area contributed by atoms with Crippen molar-refractivity contribution in [2.75, 3.05) is 18.0 Å². The molecule has 1 unspecified atom stereocenters. The van der Waals surface area contributed by atoms with Crippen molar-refractivity contribution in [3.05, 3.63) is 102 Å². The van der Waals surface area contributed by atoms with Crippen molar-refractivity contribution in [1.82, 2.24) is 0 Å². The van der Waals surface area contributed by atoms with Crippen LogP contribution in [0.5, 0.6) is 0 Å². The minimum absolute atomic E-state index is 0.711. The number of anilines is 1. The first kappa shape index (κ1) is 18.3. The lowest BCUT2D eigenvalue weighted by atomic mass is 9.83. The van der Waals surface area contributed by atoms with Gasteiger partial charge in [-0.1, -0.05) is 78.9 Å². The summed E-state index contributed by atoms with van der Waals surface area (Å²) < 4.78 is 0. The Morgan fingerprint density at radius 1 is 1.00 bits per heavy atom. The summed E-state index contributed by atoms with van der Waals surface area (Å²) in [5.41, 5.74) is 5.70. The molecule has 0 spiro atoms. The van der Waals surface area contributed by atoms with Crippen LogP contribution in [0.4, 0.5) is 5.69 Å². The van der Waals surface area contributed by atoms with Crippen LogP contribution in [0.3, 0.4) is 0 Å². The van der Waals surface area contributed by atoms with Crippen molar-refractivity contribution in [3.63, 3.8) is 0 Å². The Morgan fingerprint density at radius 2 is 1.77 bits per heavy atom. The molecule has 2 aromatic rings. The Morgan fingerprint density at radius 3 is 2.54 bits per heavy atom. The molecule has 0 bridgehead atoms. The van der Waals surface area contributed by atoms with Crippen LogP contribution in [0.25, 0.3) is 0 Å². The number of hydrogen-bond donors (Lipinski definition) is 0. The summed E-state index contributed by atoms with van der Waals surface area (Å²) in [5, 5.41) is 0. The van der Waals surface area contributed by atoms with Gasteiger partial charge in [-0.3, -0.25) is 0 Å². The van der Waals surface area contributed by atoms with Crippen LogP contribution in [0.2, 0.25) is 0 Å². The predicted octanol–water partition coefficient (Wildman–Crippen LogP) is 5.90. The Balaban J connectivity index is 1.71. The number of nitrogens with zero attached hydrogens (tertiary/aromatic N) is 1. The van der Waals surface area contributed by atoms with Gasteiger partial charge < -0.3 is 4.90 Å². The van der Waals surface area contributed by atoms with Crippen molar-refractivity contribution in [2.45, 2.75) is 26.2 Å². The third-order valence-electron chi connectivity index (χ3n) is 5.15. The summed E-state index contributed by atoms with van der Waals surface area (Å²) in [6, 6.07) is 17.8. The minimum atomic E-state index is 0.711. The molecule has 1 heteroatoms. The quantitative estimate of drug-likeness (QED) is 0.565. The summed E-state index contributed by atoms with van der Waals surface area (Å²) in [4.78, 5) is 2.51. The fourth-order valence-electron chi connectivity index (χ4n) is 3.69. The molecule has 0 saturated heterocycles. The number of benzene rings is 2. The van der Waals surface area contributed by atoms with Gasteiger partial charge in [0.2, 0.25) is 0 Å². The minimum Gasteiger partial charge on any atom is -0.368 e. The lowest BCUT2D eigenvalue weighted by Crippen LogP contribution is -2.32. The average molecular weight is 344 g/mol. The van der Waals surface area contributed by atoms with E-state index >= 15 is 0 Å². The van der Waals surface area contributed by atoms with Crippen LogP contribution in [-0.4, -0.2) is 13.1 Å². The highest BCUT2D eigenvalue weighted by Gasteiger charge is 2.20. The van der Waals surface area contributed by atoms with E-state index in [1.54, 1.807) is 5.56 Å². The van der Waals surface area contributed by atoms with Gasteiger partial charge in [-0.05, 0) is 55.4 Å². The lowest BCUT2D eigenvalue weighted by molar-refractivity contribution is 0.456. The van der Waals surface area contributed by atoms with Crippen molar-refractivity contribution >= 4 is 5.69 Å². The van der Waals surface area contributed by atoms with Gasteiger partial charge in [-0.2, -0.15) is 0 Å². The molecule has 0 saturated carbocycles. The molecule has 0 N–H and O–H groups in total. The molecule has 0 aromatic heterocycles. The zero-order valence-electron chi connectivity index (χ0n) is 15.8. The first-order valence-corrected chi connectivity index (χ1v) is 9.59. The first-order chi connectivity index (χ1) is 12.8. The van der Waals surface area contributed by atoms with E-state index in [1.807, 2.05) is 18.2 Å². The van der Waals surface area contributed by atoms with Crippen molar-refractivity contribution in [1.29, 1.82) is 0 Å². The summed E-state index contributed by atoms with van der Waals surface area (Å²) >= 11 is 0. The highest BCUT2D eigenvalue weighted by molar-refractivity contribution is 5.48. The van der Waals surface area contributed by atoms with Gasteiger partial charge in [0.25, 0.3) is 0 Å². The van der Waals surface area contributed by atoms with E-state index in [0.29, 0.717) is 5.92 Å². The number of fused-ring (bicyclic) bond motifs is 1. The molecule has 2 aromatic carbocycles. The third kappa shape index (κ3) is 4.98. The molecule has 0 radical (unpaired) electrons. The van der Waals surface area contributed by atoms with Crippen LogP contribution in [-0.2, 0) is 12.8 Å².